The second-order valence-corrected chi connectivity index (χ2v) is 8.35. The SMILES string of the molecule is CCCn1c(SC(C(=O)Nc2ccc(F)cc2)c2ccccc2)nc2ccccc2c1=O. The first kappa shape index (κ1) is 21.8. The van der Waals surface area contributed by atoms with Crippen molar-refractivity contribution in [2.75, 3.05) is 5.32 Å². The Balaban J connectivity index is 1.75. The summed E-state index contributed by atoms with van der Waals surface area (Å²) >= 11 is 1.23. The summed E-state index contributed by atoms with van der Waals surface area (Å²) in [6.45, 7) is 2.49. The van der Waals surface area contributed by atoms with Gasteiger partial charge in [0.25, 0.3) is 5.56 Å². The van der Waals surface area contributed by atoms with Gasteiger partial charge in [0, 0.05) is 12.2 Å². The number of fused-ring (bicyclic) bond motifs is 1. The van der Waals surface area contributed by atoms with Gasteiger partial charge in [-0.3, -0.25) is 14.2 Å². The highest BCUT2D eigenvalue weighted by molar-refractivity contribution is 8.00. The molecule has 0 saturated carbocycles. The Morgan fingerprint density at radius 3 is 2.44 bits per heavy atom. The molecule has 0 aliphatic rings. The van der Waals surface area contributed by atoms with Crippen LogP contribution in [0.15, 0.2) is 88.8 Å². The van der Waals surface area contributed by atoms with Crippen molar-refractivity contribution in [2.45, 2.75) is 30.3 Å². The second kappa shape index (κ2) is 9.78. The molecule has 0 fully saturated rings. The molecular formula is C25H22FN3O2S. The third-order valence-corrected chi connectivity index (χ3v) is 6.19. The molecule has 0 radical (unpaired) electrons. The quantitative estimate of drug-likeness (QED) is 0.304. The maximum atomic E-state index is 13.3. The zero-order valence-corrected chi connectivity index (χ0v) is 18.3. The number of thioether (sulfide) groups is 1. The summed E-state index contributed by atoms with van der Waals surface area (Å²) < 4.78 is 14.9. The van der Waals surface area contributed by atoms with E-state index in [9.17, 15) is 14.0 Å². The highest BCUT2D eigenvalue weighted by atomic mass is 32.2. The number of carbonyl (C=O) groups excluding carboxylic acids is 1. The molecule has 0 bridgehead atoms. The van der Waals surface area contributed by atoms with E-state index >= 15 is 0 Å². The van der Waals surface area contributed by atoms with E-state index in [1.807, 2.05) is 49.4 Å². The van der Waals surface area contributed by atoms with Crippen LogP contribution in [-0.4, -0.2) is 15.5 Å². The number of nitrogens with one attached hydrogen (secondary N) is 1. The average Bonchev–Trinajstić information content (AvgIpc) is 2.82. The molecule has 1 N–H and O–H groups in total. The zero-order chi connectivity index (χ0) is 22.5. The Hall–Kier alpha value is -3.45. The van der Waals surface area contributed by atoms with Crippen LogP contribution in [-0.2, 0) is 11.3 Å². The molecule has 4 rings (SSSR count). The van der Waals surface area contributed by atoms with E-state index in [1.165, 1.54) is 36.0 Å². The van der Waals surface area contributed by atoms with Crippen molar-refractivity contribution < 1.29 is 9.18 Å². The number of para-hydroxylation sites is 1. The summed E-state index contributed by atoms with van der Waals surface area (Å²) in [5.74, 6) is -0.654. The van der Waals surface area contributed by atoms with Gasteiger partial charge >= 0.3 is 0 Å². The summed E-state index contributed by atoms with van der Waals surface area (Å²) in [6.07, 6.45) is 0.755. The van der Waals surface area contributed by atoms with E-state index < -0.39 is 5.25 Å². The number of halogens is 1. The Bertz CT molecular complexity index is 1290. The number of aromatic nitrogens is 2. The van der Waals surface area contributed by atoms with E-state index in [0.29, 0.717) is 28.3 Å². The smallest absolute Gasteiger partial charge is 0.262 e. The molecule has 1 heterocycles. The first-order chi connectivity index (χ1) is 15.6. The Kier molecular flexibility index (Phi) is 6.66. The molecule has 0 saturated heterocycles. The monoisotopic (exact) mass is 447 g/mol. The summed E-state index contributed by atoms with van der Waals surface area (Å²) in [5, 5.41) is 3.23. The second-order valence-electron chi connectivity index (χ2n) is 7.27. The van der Waals surface area contributed by atoms with E-state index in [1.54, 1.807) is 16.7 Å². The Morgan fingerprint density at radius 1 is 1.03 bits per heavy atom. The number of nitrogens with zero attached hydrogens (tertiary/aromatic N) is 2. The standard InChI is InChI=1S/C25H22FN3O2S/c1-2-16-29-24(31)20-10-6-7-11-21(20)28-25(29)32-22(17-8-4-3-5-9-17)23(30)27-19-14-12-18(26)13-15-19/h3-15,22H,2,16H2,1H3,(H,27,30). The van der Waals surface area contributed by atoms with Crippen molar-refractivity contribution in [3.8, 4) is 0 Å². The molecule has 0 aliphatic carbocycles. The molecule has 0 aliphatic heterocycles. The van der Waals surface area contributed by atoms with Crippen molar-refractivity contribution in [3.05, 3.63) is 101 Å². The van der Waals surface area contributed by atoms with Crippen molar-refractivity contribution in [1.29, 1.82) is 0 Å². The summed E-state index contributed by atoms with van der Waals surface area (Å²) in [6, 6.07) is 22.2. The van der Waals surface area contributed by atoms with Gasteiger partial charge in [-0.1, -0.05) is 61.2 Å². The van der Waals surface area contributed by atoms with Crippen LogP contribution in [0.5, 0.6) is 0 Å². The maximum absolute atomic E-state index is 13.3. The van der Waals surface area contributed by atoms with Gasteiger partial charge in [0.1, 0.15) is 11.1 Å². The van der Waals surface area contributed by atoms with Crippen LogP contribution in [0.4, 0.5) is 10.1 Å². The minimum atomic E-state index is -0.655. The first-order valence-corrected chi connectivity index (χ1v) is 11.2. The number of anilines is 1. The molecular weight excluding hydrogens is 425 g/mol. The van der Waals surface area contributed by atoms with Crippen molar-refractivity contribution in [1.82, 2.24) is 9.55 Å². The van der Waals surface area contributed by atoms with E-state index in [-0.39, 0.29) is 17.3 Å². The summed E-state index contributed by atoms with van der Waals surface area (Å²) in [4.78, 5) is 31.1. The van der Waals surface area contributed by atoms with Gasteiger partial charge in [0.2, 0.25) is 5.91 Å². The van der Waals surface area contributed by atoms with Gasteiger partial charge in [-0.15, -0.1) is 0 Å². The number of benzene rings is 3. The van der Waals surface area contributed by atoms with Crippen LogP contribution in [0.1, 0.15) is 24.2 Å². The minimum absolute atomic E-state index is 0.120. The maximum Gasteiger partial charge on any atom is 0.262 e. The van der Waals surface area contributed by atoms with Crippen molar-refractivity contribution in [3.63, 3.8) is 0 Å². The van der Waals surface area contributed by atoms with Gasteiger partial charge in [-0.05, 0) is 48.4 Å². The van der Waals surface area contributed by atoms with Gasteiger partial charge in [0.15, 0.2) is 5.16 Å². The van der Waals surface area contributed by atoms with Crippen LogP contribution in [0.3, 0.4) is 0 Å². The van der Waals surface area contributed by atoms with E-state index in [0.717, 1.165) is 12.0 Å². The highest BCUT2D eigenvalue weighted by Gasteiger charge is 2.25. The number of hydrogen-bond donors (Lipinski definition) is 1. The predicted molar refractivity (Wildman–Crippen MR) is 126 cm³/mol. The van der Waals surface area contributed by atoms with Gasteiger partial charge in [-0.25, -0.2) is 9.37 Å². The van der Waals surface area contributed by atoms with Crippen LogP contribution in [0.25, 0.3) is 10.9 Å². The lowest BCUT2D eigenvalue weighted by molar-refractivity contribution is -0.115. The molecule has 4 aromatic rings. The number of amides is 1. The van der Waals surface area contributed by atoms with Gasteiger partial charge in [-0.2, -0.15) is 0 Å². The topological polar surface area (TPSA) is 64.0 Å². The average molecular weight is 448 g/mol. The van der Waals surface area contributed by atoms with E-state index in [2.05, 4.69) is 5.32 Å². The molecule has 1 unspecified atom stereocenters. The third-order valence-electron chi connectivity index (χ3n) is 4.95. The zero-order valence-electron chi connectivity index (χ0n) is 17.5. The fourth-order valence-electron chi connectivity index (χ4n) is 3.41. The molecule has 1 atom stereocenters. The fourth-order valence-corrected chi connectivity index (χ4v) is 4.53. The summed E-state index contributed by atoms with van der Waals surface area (Å²) in [5.41, 5.74) is 1.75. The molecule has 1 aromatic heterocycles. The number of rotatable bonds is 7. The normalized spacial score (nSPS) is 11.9. The Labute approximate surface area is 189 Å². The number of carbonyl (C=O) groups is 1. The molecule has 7 heteroatoms. The predicted octanol–water partition coefficient (Wildman–Crippen LogP) is 5.42. The van der Waals surface area contributed by atoms with Crippen LogP contribution in [0.2, 0.25) is 0 Å². The largest absolute Gasteiger partial charge is 0.325 e. The van der Waals surface area contributed by atoms with Crippen molar-refractivity contribution >= 4 is 34.3 Å². The van der Waals surface area contributed by atoms with Gasteiger partial charge in [0.05, 0.1) is 10.9 Å². The lowest BCUT2D eigenvalue weighted by atomic mass is 10.1. The molecule has 5 nitrogen and oxygen atoms in total. The van der Waals surface area contributed by atoms with Crippen LogP contribution in [0, 0.1) is 5.82 Å². The van der Waals surface area contributed by atoms with Crippen LogP contribution >= 0.6 is 11.8 Å². The highest BCUT2D eigenvalue weighted by Crippen LogP contribution is 2.35. The fraction of sp³-hybridized carbons (Fsp3) is 0.160. The molecule has 32 heavy (non-hydrogen) atoms. The van der Waals surface area contributed by atoms with E-state index in [4.69, 9.17) is 4.98 Å². The summed E-state index contributed by atoms with van der Waals surface area (Å²) in [7, 11) is 0. The number of hydrogen-bond acceptors (Lipinski definition) is 4. The molecule has 3 aromatic carbocycles. The molecule has 0 spiro atoms. The minimum Gasteiger partial charge on any atom is -0.325 e. The first-order valence-electron chi connectivity index (χ1n) is 10.3. The molecule has 1 amide bonds. The van der Waals surface area contributed by atoms with Crippen molar-refractivity contribution in [2.24, 2.45) is 0 Å². The molecule has 162 valence electrons. The lowest BCUT2D eigenvalue weighted by Gasteiger charge is -2.19. The van der Waals surface area contributed by atoms with Gasteiger partial charge < -0.3 is 5.32 Å². The Morgan fingerprint density at radius 2 is 1.72 bits per heavy atom. The lowest BCUT2D eigenvalue weighted by Crippen LogP contribution is -2.25. The third kappa shape index (κ3) is 4.73. The van der Waals surface area contributed by atoms with Crippen LogP contribution < -0.4 is 10.9 Å².